The number of anilines is 1. The molecule has 1 aliphatic carbocycles. The van der Waals surface area contributed by atoms with E-state index in [-0.39, 0.29) is 0 Å². The lowest BCUT2D eigenvalue weighted by Gasteiger charge is -2.31. The molecule has 0 aliphatic heterocycles. The molecule has 130 valence electrons. The number of aromatic nitrogens is 2. The smallest absolute Gasteiger partial charge is 0.137 e. The van der Waals surface area contributed by atoms with Crippen LogP contribution in [0.25, 0.3) is 16.9 Å². The van der Waals surface area contributed by atoms with Crippen LogP contribution < -0.4 is 5.73 Å². The zero-order chi connectivity index (χ0) is 17.2. The Morgan fingerprint density at radius 1 is 1.08 bits per heavy atom. The highest BCUT2D eigenvalue weighted by molar-refractivity contribution is 5.67. The van der Waals surface area contributed by atoms with E-state index < -0.39 is 0 Å². The summed E-state index contributed by atoms with van der Waals surface area (Å²) < 4.78 is 2.16. The van der Waals surface area contributed by atoms with Crippen LogP contribution in [0.3, 0.4) is 0 Å². The van der Waals surface area contributed by atoms with E-state index in [0.717, 1.165) is 29.1 Å². The fraction of sp³-hybridized carbons (Fsp3) is 0.381. The Bertz CT molecular complexity index is 847. The summed E-state index contributed by atoms with van der Waals surface area (Å²) in [6.07, 6.45) is 8.68. The van der Waals surface area contributed by atoms with Gasteiger partial charge in [-0.1, -0.05) is 49.6 Å². The van der Waals surface area contributed by atoms with Gasteiger partial charge in [0.05, 0.1) is 11.4 Å². The maximum atomic E-state index is 6.05. The van der Waals surface area contributed by atoms with E-state index >= 15 is 0 Å². The molecule has 1 fully saturated rings. The largest absolute Gasteiger partial charge is 0.398 e. The van der Waals surface area contributed by atoms with Crippen LogP contribution in [-0.2, 0) is 6.54 Å². The highest BCUT2D eigenvalue weighted by Gasteiger charge is 2.21. The molecule has 1 saturated carbocycles. The van der Waals surface area contributed by atoms with Gasteiger partial charge in [-0.2, -0.15) is 0 Å². The molecule has 0 unspecified atom stereocenters. The number of hydrogen-bond donors (Lipinski definition) is 1. The average molecular weight is 334 g/mol. The Balaban J connectivity index is 1.75. The lowest BCUT2D eigenvalue weighted by Crippen LogP contribution is -2.33. The SMILES string of the molecule is CN(Cc1c(-c2ccccc2)nc2ccc(N)cn12)C1CCCCC1. The van der Waals surface area contributed by atoms with Gasteiger partial charge in [0, 0.05) is 30.0 Å². The second kappa shape index (κ2) is 6.89. The van der Waals surface area contributed by atoms with E-state index in [9.17, 15) is 0 Å². The molecule has 0 bridgehead atoms. The predicted molar refractivity (Wildman–Crippen MR) is 103 cm³/mol. The summed E-state index contributed by atoms with van der Waals surface area (Å²) in [6, 6.07) is 15.1. The van der Waals surface area contributed by atoms with E-state index in [1.165, 1.54) is 37.8 Å². The van der Waals surface area contributed by atoms with Crippen molar-refractivity contribution in [3.05, 3.63) is 54.4 Å². The molecule has 0 amide bonds. The number of imidazole rings is 1. The lowest BCUT2D eigenvalue weighted by molar-refractivity contribution is 0.182. The number of pyridine rings is 1. The van der Waals surface area contributed by atoms with Gasteiger partial charge in [0.15, 0.2) is 0 Å². The van der Waals surface area contributed by atoms with Crippen LogP contribution in [0, 0.1) is 0 Å². The number of hydrogen-bond acceptors (Lipinski definition) is 3. The van der Waals surface area contributed by atoms with E-state index in [0.29, 0.717) is 6.04 Å². The summed E-state index contributed by atoms with van der Waals surface area (Å²) in [5.41, 5.74) is 11.2. The lowest BCUT2D eigenvalue weighted by atomic mass is 9.94. The first kappa shape index (κ1) is 16.2. The van der Waals surface area contributed by atoms with Crippen LogP contribution in [0.15, 0.2) is 48.7 Å². The van der Waals surface area contributed by atoms with Crippen molar-refractivity contribution in [2.75, 3.05) is 12.8 Å². The average Bonchev–Trinajstić information content (AvgIpc) is 3.01. The summed E-state index contributed by atoms with van der Waals surface area (Å²) in [6.45, 7) is 0.888. The van der Waals surface area contributed by atoms with Crippen LogP contribution in [-0.4, -0.2) is 27.4 Å². The zero-order valence-corrected chi connectivity index (χ0v) is 14.9. The van der Waals surface area contributed by atoms with Crippen LogP contribution >= 0.6 is 0 Å². The fourth-order valence-electron chi connectivity index (χ4n) is 3.98. The number of nitrogen functional groups attached to an aromatic ring is 1. The van der Waals surface area contributed by atoms with E-state index in [4.69, 9.17) is 10.7 Å². The van der Waals surface area contributed by atoms with Gasteiger partial charge in [-0.3, -0.25) is 4.90 Å². The van der Waals surface area contributed by atoms with Crippen molar-refractivity contribution in [1.29, 1.82) is 0 Å². The summed E-state index contributed by atoms with van der Waals surface area (Å²) in [5.74, 6) is 0. The molecule has 2 N–H and O–H groups in total. The highest BCUT2D eigenvalue weighted by Crippen LogP contribution is 2.28. The molecule has 25 heavy (non-hydrogen) atoms. The Morgan fingerprint density at radius 2 is 1.84 bits per heavy atom. The molecule has 0 spiro atoms. The fourth-order valence-corrected chi connectivity index (χ4v) is 3.98. The number of benzene rings is 1. The van der Waals surface area contributed by atoms with Crippen LogP contribution in [0.5, 0.6) is 0 Å². The van der Waals surface area contributed by atoms with Crippen molar-refractivity contribution in [3.8, 4) is 11.3 Å². The van der Waals surface area contributed by atoms with Crippen molar-refractivity contribution in [2.24, 2.45) is 0 Å². The van der Waals surface area contributed by atoms with Gasteiger partial charge in [-0.05, 0) is 32.0 Å². The number of nitrogens with zero attached hydrogens (tertiary/aromatic N) is 3. The van der Waals surface area contributed by atoms with Gasteiger partial charge in [0.25, 0.3) is 0 Å². The highest BCUT2D eigenvalue weighted by atomic mass is 15.2. The van der Waals surface area contributed by atoms with Crippen molar-refractivity contribution in [1.82, 2.24) is 14.3 Å². The molecule has 0 atom stereocenters. The standard InChI is InChI=1S/C21H26N4/c1-24(18-10-6-3-7-11-18)15-19-21(16-8-4-2-5-9-16)23-20-13-12-17(22)14-25(19)20/h2,4-5,8-9,12-14,18H,3,6-7,10-11,15,22H2,1H3. The van der Waals surface area contributed by atoms with Crippen LogP contribution in [0.1, 0.15) is 37.8 Å². The molecule has 0 saturated heterocycles. The van der Waals surface area contributed by atoms with E-state index in [1.807, 2.05) is 24.4 Å². The van der Waals surface area contributed by atoms with Crippen molar-refractivity contribution in [2.45, 2.75) is 44.7 Å². The molecule has 4 heteroatoms. The molecule has 1 aromatic carbocycles. The van der Waals surface area contributed by atoms with E-state index in [2.05, 4.69) is 40.6 Å². The maximum absolute atomic E-state index is 6.05. The minimum atomic E-state index is 0.670. The second-order valence-corrected chi connectivity index (χ2v) is 7.17. The summed E-state index contributed by atoms with van der Waals surface area (Å²) in [5, 5.41) is 0. The number of fused-ring (bicyclic) bond motifs is 1. The number of nitrogens with two attached hydrogens (primary N) is 1. The molecule has 1 aliphatic rings. The van der Waals surface area contributed by atoms with Gasteiger partial charge in [0.2, 0.25) is 0 Å². The third-order valence-electron chi connectivity index (χ3n) is 5.38. The van der Waals surface area contributed by atoms with Crippen molar-refractivity contribution >= 4 is 11.3 Å². The Morgan fingerprint density at radius 3 is 2.60 bits per heavy atom. The van der Waals surface area contributed by atoms with Gasteiger partial charge >= 0.3 is 0 Å². The third kappa shape index (κ3) is 3.27. The quantitative estimate of drug-likeness (QED) is 0.771. The second-order valence-electron chi connectivity index (χ2n) is 7.17. The molecule has 4 nitrogen and oxygen atoms in total. The van der Waals surface area contributed by atoms with Gasteiger partial charge in [-0.25, -0.2) is 4.98 Å². The summed E-state index contributed by atoms with van der Waals surface area (Å²) in [7, 11) is 2.25. The van der Waals surface area contributed by atoms with Crippen molar-refractivity contribution < 1.29 is 0 Å². The first-order valence-corrected chi connectivity index (χ1v) is 9.24. The number of rotatable bonds is 4. The molecule has 4 rings (SSSR count). The minimum absolute atomic E-state index is 0.670. The summed E-state index contributed by atoms with van der Waals surface area (Å²) >= 11 is 0. The first-order chi connectivity index (χ1) is 12.2. The summed E-state index contributed by atoms with van der Waals surface area (Å²) in [4.78, 5) is 7.40. The topological polar surface area (TPSA) is 46.6 Å². The predicted octanol–water partition coefficient (Wildman–Crippen LogP) is 4.35. The molecule has 3 aromatic rings. The maximum Gasteiger partial charge on any atom is 0.137 e. The third-order valence-corrected chi connectivity index (χ3v) is 5.38. The van der Waals surface area contributed by atoms with Gasteiger partial charge in [-0.15, -0.1) is 0 Å². The molecule has 2 aromatic heterocycles. The molecular formula is C21H26N4. The Hall–Kier alpha value is -2.33. The molecular weight excluding hydrogens is 308 g/mol. The minimum Gasteiger partial charge on any atom is -0.398 e. The van der Waals surface area contributed by atoms with Gasteiger partial charge in [0.1, 0.15) is 5.65 Å². The van der Waals surface area contributed by atoms with E-state index in [1.54, 1.807) is 0 Å². The van der Waals surface area contributed by atoms with Crippen LogP contribution in [0.4, 0.5) is 5.69 Å². The zero-order valence-electron chi connectivity index (χ0n) is 14.9. The normalized spacial score (nSPS) is 15.9. The Labute approximate surface area is 149 Å². The molecule has 0 radical (unpaired) electrons. The monoisotopic (exact) mass is 334 g/mol. The van der Waals surface area contributed by atoms with Crippen molar-refractivity contribution in [3.63, 3.8) is 0 Å². The first-order valence-electron chi connectivity index (χ1n) is 9.24. The molecule has 2 heterocycles. The van der Waals surface area contributed by atoms with Gasteiger partial charge < -0.3 is 10.1 Å². The Kier molecular flexibility index (Phi) is 4.45. The van der Waals surface area contributed by atoms with Crippen LogP contribution in [0.2, 0.25) is 0 Å².